The Labute approximate surface area is 316 Å². The molecule has 0 heterocycles. The molecule has 1 heteroatoms. The summed E-state index contributed by atoms with van der Waals surface area (Å²) in [6.07, 6.45) is 0. The zero-order chi connectivity index (χ0) is 35.6. The zero-order valence-electron chi connectivity index (χ0n) is 29.7. The second-order valence-corrected chi connectivity index (χ2v) is 14.4. The molecule has 0 fully saturated rings. The Bertz CT molecular complexity index is 2820. The minimum atomic E-state index is -0.419. The predicted molar refractivity (Wildman–Crippen MR) is 226 cm³/mol. The van der Waals surface area contributed by atoms with Crippen molar-refractivity contribution in [2.75, 3.05) is 4.90 Å². The summed E-state index contributed by atoms with van der Waals surface area (Å²) < 4.78 is 0. The van der Waals surface area contributed by atoms with Gasteiger partial charge in [0.25, 0.3) is 0 Å². The van der Waals surface area contributed by atoms with Crippen LogP contribution in [0.3, 0.4) is 0 Å². The minimum absolute atomic E-state index is 0.419. The van der Waals surface area contributed by atoms with Gasteiger partial charge in [0.15, 0.2) is 0 Å². The molecule has 2 aliphatic carbocycles. The second kappa shape index (κ2) is 12.0. The summed E-state index contributed by atoms with van der Waals surface area (Å²) in [5.41, 5.74) is 18.4. The van der Waals surface area contributed by atoms with E-state index in [9.17, 15) is 0 Å². The lowest BCUT2D eigenvalue weighted by Crippen LogP contribution is -2.26. The highest BCUT2D eigenvalue weighted by atomic mass is 15.1. The number of benzene rings is 9. The largest absolute Gasteiger partial charge is 0.309 e. The van der Waals surface area contributed by atoms with Gasteiger partial charge in [-0.05, 0) is 90.8 Å². The maximum absolute atomic E-state index is 2.51. The minimum Gasteiger partial charge on any atom is -0.309 e. The first kappa shape index (κ1) is 30.6. The Morgan fingerprint density at radius 2 is 0.778 bits per heavy atom. The average molecular weight is 686 g/mol. The van der Waals surface area contributed by atoms with Crippen molar-refractivity contribution in [3.63, 3.8) is 0 Å². The molecule has 1 nitrogen and oxygen atoms in total. The molecule has 0 saturated heterocycles. The third-order valence-corrected chi connectivity index (χ3v) is 11.7. The van der Waals surface area contributed by atoms with Gasteiger partial charge in [-0.25, -0.2) is 0 Å². The number of nitrogens with zero attached hydrogens (tertiary/aromatic N) is 1. The fourth-order valence-electron chi connectivity index (χ4n) is 9.50. The molecule has 0 aliphatic heterocycles. The van der Waals surface area contributed by atoms with E-state index in [2.05, 4.69) is 217 Å². The van der Waals surface area contributed by atoms with Gasteiger partial charge < -0.3 is 4.90 Å². The van der Waals surface area contributed by atoms with Crippen LogP contribution in [0.15, 0.2) is 212 Å². The van der Waals surface area contributed by atoms with Crippen molar-refractivity contribution in [1.82, 2.24) is 0 Å². The van der Waals surface area contributed by atoms with Gasteiger partial charge in [0.2, 0.25) is 0 Å². The second-order valence-electron chi connectivity index (χ2n) is 14.4. The molecule has 9 aromatic rings. The first-order valence-electron chi connectivity index (χ1n) is 18.8. The number of anilines is 3. The van der Waals surface area contributed by atoms with Gasteiger partial charge in [0.1, 0.15) is 0 Å². The first-order chi connectivity index (χ1) is 26.8. The van der Waals surface area contributed by atoms with Crippen LogP contribution in [-0.2, 0) is 5.41 Å². The maximum Gasteiger partial charge on any atom is 0.0726 e. The standard InChI is InChI=1S/C53H35N/c1-3-16-36(17-4-1)37-30-32-39(33-31-37)54(50-35-34-40(38-18-5-2-6-19-38)41-20-7-8-23-44(41)50)51-29-15-28-49-52(51)45-24-11-14-27-48(45)53(49)46-25-12-9-21-42(46)43-22-10-13-26-47(43)53/h1-35H. The van der Waals surface area contributed by atoms with Crippen LogP contribution in [0.2, 0.25) is 0 Å². The molecule has 11 rings (SSSR count). The van der Waals surface area contributed by atoms with Gasteiger partial charge in [-0.1, -0.05) is 188 Å². The van der Waals surface area contributed by atoms with E-state index in [-0.39, 0.29) is 0 Å². The summed E-state index contributed by atoms with van der Waals surface area (Å²) in [6, 6.07) is 78.2. The number of fused-ring (bicyclic) bond motifs is 11. The molecule has 0 radical (unpaired) electrons. The summed E-state index contributed by atoms with van der Waals surface area (Å²) in [5.74, 6) is 0. The molecule has 0 N–H and O–H groups in total. The molecule has 0 saturated carbocycles. The van der Waals surface area contributed by atoms with Crippen LogP contribution in [0.1, 0.15) is 22.3 Å². The highest BCUT2D eigenvalue weighted by Crippen LogP contribution is 2.64. The third kappa shape index (κ3) is 4.33. The molecular weight excluding hydrogens is 651 g/mol. The Hall–Kier alpha value is -6.96. The summed E-state index contributed by atoms with van der Waals surface area (Å²) in [4.78, 5) is 2.51. The van der Waals surface area contributed by atoms with E-state index in [0.717, 1.165) is 11.4 Å². The maximum atomic E-state index is 2.51. The zero-order valence-corrected chi connectivity index (χ0v) is 29.7. The summed E-state index contributed by atoms with van der Waals surface area (Å²) in [6.45, 7) is 0. The smallest absolute Gasteiger partial charge is 0.0726 e. The highest BCUT2D eigenvalue weighted by Gasteiger charge is 2.52. The van der Waals surface area contributed by atoms with Crippen LogP contribution in [0, 0.1) is 0 Å². The fraction of sp³-hybridized carbons (Fsp3) is 0.0189. The van der Waals surface area contributed by atoms with Crippen LogP contribution in [0.25, 0.3) is 55.3 Å². The first-order valence-corrected chi connectivity index (χ1v) is 18.8. The van der Waals surface area contributed by atoms with Gasteiger partial charge in [-0.15, -0.1) is 0 Å². The van der Waals surface area contributed by atoms with Crippen molar-refractivity contribution in [3.05, 3.63) is 235 Å². The summed E-state index contributed by atoms with van der Waals surface area (Å²) in [7, 11) is 0. The normalized spacial score (nSPS) is 13.0. The molecule has 1 spiro atoms. The van der Waals surface area contributed by atoms with E-state index in [1.807, 2.05) is 0 Å². The highest BCUT2D eigenvalue weighted by molar-refractivity contribution is 6.08. The number of rotatable bonds is 5. The molecule has 0 atom stereocenters. The quantitative estimate of drug-likeness (QED) is 0.174. The van der Waals surface area contributed by atoms with Crippen LogP contribution < -0.4 is 4.90 Å². The lowest BCUT2D eigenvalue weighted by atomic mass is 9.70. The third-order valence-electron chi connectivity index (χ3n) is 11.7. The lowest BCUT2D eigenvalue weighted by molar-refractivity contribution is 0.794. The number of hydrogen-bond acceptors (Lipinski definition) is 1. The van der Waals surface area contributed by atoms with Crippen molar-refractivity contribution in [2.24, 2.45) is 0 Å². The van der Waals surface area contributed by atoms with Crippen molar-refractivity contribution in [2.45, 2.75) is 5.41 Å². The van der Waals surface area contributed by atoms with Crippen LogP contribution in [0.4, 0.5) is 17.1 Å². The molecule has 0 amide bonds. The molecule has 9 aromatic carbocycles. The van der Waals surface area contributed by atoms with Crippen molar-refractivity contribution in [3.8, 4) is 44.5 Å². The van der Waals surface area contributed by atoms with Crippen molar-refractivity contribution >= 4 is 27.8 Å². The molecule has 54 heavy (non-hydrogen) atoms. The van der Waals surface area contributed by atoms with E-state index in [0.29, 0.717) is 0 Å². The average Bonchev–Trinajstić information content (AvgIpc) is 3.73. The van der Waals surface area contributed by atoms with Gasteiger partial charge in [0.05, 0.1) is 16.8 Å². The van der Waals surface area contributed by atoms with E-state index in [4.69, 9.17) is 0 Å². The SMILES string of the molecule is c1ccc(-c2ccc(N(c3cccc4c3-c3ccccc3C43c4ccccc4-c4ccccc43)c3ccc(-c4ccccc4)c4ccccc34)cc2)cc1. The Balaban J connectivity index is 1.21. The molecule has 0 aromatic heterocycles. The van der Waals surface area contributed by atoms with E-state index in [1.165, 1.54) is 83.2 Å². The predicted octanol–water partition coefficient (Wildman–Crippen LogP) is 14.0. The van der Waals surface area contributed by atoms with E-state index in [1.54, 1.807) is 0 Å². The van der Waals surface area contributed by atoms with Crippen molar-refractivity contribution in [1.29, 1.82) is 0 Å². The summed E-state index contributed by atoms with van der Waals surface area (Å²) >= 11 is 0. The lowest BCUT2D eigenvalue weighted by Gasteiger charge is -2.32. The van der Waals surface area contributed by atoms with E-state index < -0.39 is 5.41 Å². The van der Waals surface area contributed by atoms with Gasteiger partial charge >= 0.3 is 0 Å². The Kier molecular flexibility index (Phi) is 6.84. The van der Waals surface area contributed by atoms with Gasteiger partial charge in [-0.2, -0.15) is 0 Å². The monoisotopic (exact) mass is 685 g/mol. The van der Waals surface area contributed by atoms with E-state index >= 15 is 0 Å². The summed E-state index contributed by atoms with van der Waals surface area (Å²) in [5, 5.41) is 2.44. The molecule has 2 aliphatic rings. The molecule has 252 valence electrons. The van der Waals surface area contributed by atoms with Gasteiger partial charge in [0, 0.05) is 16.6 Å². The van der Waals surface area contributed by atoms with Crippen LogP contribution >= 0.6 is 0 Å². The Morgan fingerprint density at radius 3 is 1.44 bits per heavy atom. The molecule has 0 bridgehead atoms. The Morgan fingerprint density at radius 1 is 0.278 bits per heavy atom. The van der Waals surface area contributed by atoms with Crippen LogP contribution in [-0.4, -0.2) is 0 Å². The van der Waals surface area contributed by atoms with Crippen molar-refractivity contribution < 1.29 is 0 Å². The topological polar surface area (TPSA) is 3.24 Å². The number of hydrogen-bond donors (Lipinski definition) is 0. The van der Waals surface area contributed by atoms with Gasteiger partial charge in [-0.3, -0.25) is 0 Å². The molecule has 0 unspecified atom stereocenters. The molecular formula is C53H35N. The van der Waals surface area contributed by atoms with Crippen LogP contribution in [0.5, 0.6) is 0 Å². The fourth-order valence-corrected chi connectivity index (χ4v) is 9.50.